The number of nitrogens with zero attached hydrogens (tertiary/aromatic N) is 4. The van der Waals surface area contributed by atoms with E-state index in [4.69, 9.17) is 9.72 Å². The molecule has 0 spiro atoms. The number of amides is 1. The van der Waals surface area contributed by atoms with E-state index in [0.29, 0.717) is 19.6 Å². The molecular formula is C32H32N4O3. The first-order valence-corrected chi connectivity index (χ1v) is 13.4. The van der Waals surface area contributed by atoms with Gasteiger partial charge in [-0.25, -0.2) is 4.98 Å². The highest BCUT2D eigenvalue weighted by Gasteiger charge is 2.28. The molecule has 2 aromatic heterocycles. The third-order valence-electron chi connectivity index (χ3n) is 7.93. The van der Waals surface area contributed by atoms with Crippen molar-refractivity contribution in [2.75, 3.05) is 33.3 Å². The van der Waals surface area contributed by atoms with Crippen molar-refractivity contribution >= 4 is 22.9 Å². The molecular weight excluding hydrogens is 488 g/mol. The highest BCUT2D eigenvalue weighted by Crippen LogP contribution is 2.31. The molecule has 1 aliphatic heterocycles. The maximum Gasteiger partial charge on any atom is 0.254 e. The molecule has 2 aliphatic rings. The van der Waals surface area contributed by atoms with Crippen molar-refractivity contribution in [3.63, 3.8) is 0 Å². The quantitative estimate of drug-likeness (QED) is 0.378. The van der Waals surface area contributed by atoms with E-state index in [9.17, 15) is 9.59 Å². The second-order valence-corrected chi connectivity index (χ2v) is 10.4. The van der Waals surface area contributed by atoms with E-state index in [-0.39, 0.29) is 17.5 Å². The van der Waals surface area contributed by atoms with Crippen LogP contribution in [0.15, 0.2) is 71.7 Å². The van der Waals surface area contributed by atoms with Gasteiger partial charge in [-0.3, -0.25) is 14.5 Å². The van der Waals surface area contributed by atoms with Gasteiger partial charge in [0.05, 0.1) is 17.3 Å². The van der Waals surface area contributed by atoms with Gasteiger partial charge in [0.1, 0.15) is 12.4 Å². The molecule has 0 bridgehead atoms. The molecule has 39 heavy (non-hydrogen) atoms. The monoisotopic (exact) mass is 520 g/mol. The smallest absolute Gasteiger partial charge is 0.254 e. The summed E-state index contributed by atoms with van der Waals surface area (Å²) in [6.45, 7) is 4.81. The molecule has 0 saturated carbocycles. The number of rotatable bonds is 6. The van der Waals surface area contributed by atoms with E-state index in [0.717, 1.165) is 63.3 Å². The standard InChI is InChI=1S/C32H32N4O3/c1-21-31(37)34(2)15-16-36(21)17-18-39-25-12-14-30-24(19-25)11-13-29(33-30)23-9-7-22(8-10-23)28-20-35(3)32(38)27-6-4-5-26(27)28/h4-5,7-14,19-21H,6,15-18H2,1-3H3/t21-/m1/s1. The fourth-order valence-electron chi connectivity index (χ4n) is 5.54. The zero-order valence-electron chi connectivity index (χ0n) is 22.6. The van der Waals surface area contributed by atoms with Crippen LogP contribution in [0.2, 0.25) is 0 Å². The van der Waals surface area contributed by atoms with Crippen LogP contribution in [0.5, 0.6) is 5.75 Å². The van der Waals surface area contributed by atoms with Gasteiger partial charge in [0.2, 0.25) is 5.91 Å². The molecule has 1 saturated heterocycles. The number of aromatic nitrogens is 2. The van der Waals surface area contributed by atoms with Crippen molar-refractivity contribution in [3.8, 4) is 28.1 Å². The van der Waals surface area contributed by atoms with Crippen LogP contribution in [0, 0.1) is 0 Å². The van der Waals surface area contributed by atoms with Gasteiger partial charge >= 0.3 is 0 Å². The van der Waals surface area contributed by atoms with E-state index >= 15 is 0 Å². The van der Waals surface area contributed by atoms with E-state index in [1.165, 1.54) is 0 Å². The van der Waals surface area contributed by atoms with Gasteiger partial charge in [0.25, 0.3) is 5.56 Å². The van der Waals surface area contributed by atoms with Crippen LogP contribution in [-0.2, 0) is 18.3 Å². The Morgan fingerprint density at radius 3 is 2.59 bits per heavy atom. The summed E-state index contributed by atoms with van der Waals surface area (Å²) in [5.74, 6) is 0.962. The van der Waals surface area contributed by atoms with Crippen LogP contribution in [0.4, 0.5) is 0 Å². The zero-order chi connectivity index (χ0) is 27.1. The Bertz CT molecular complexity index is 1660. The lowest BCUT2D eigenvalue weighted by Gasteiger charge is -2.37. The average molecular weight is 521 g/mol. The summed E-state index contributed by atoms with van der Waals surface area (Å²) in [6, 6.07) is 18.3. The largest absolute Gasteiger partial charge is 0.492 e. The molecule has 1 fully saturated rings. The maximum atomic E-state index is 12.5. The molecule has 4 aromatic rings. The number of pyridine rings is 2. The van der Waals surface area contributed by atoms with Crippen LogP contribution in [0.1, 0.15) is 18.1 Å². The Hall–Kier alpha value is -4.23. The van der Waals surface area contributed by atoms with Crippen molar-refractivity contribution < 1.29 is 9.53 Å². The summed E-state index contributed by atoms with van der Waals surface area (Å²) < 4.78 is 7.70. The van der Waals surface area contributed by atoms with E-state index in [1.54, 1.807) is 9.47 Å². The first-order chi connectivity index (χ1) is 18.9. The molecule has 198 valence electrons. The van der Waals surface area contributed by atoms with Crippen LogP contribution < -0.4 is 10.3 Å². The number of allylic oxidation sites excluding steroid dienone is 1. The van der Waals surface area contributed by atoms with E-state index in [1.807, 2.05) is 51.5 Å². The molecule has 1 atom stereocenters. The van der Waals surface area contributed by atoms with Gasteiger partial charge in [-0.2, -0.15) is 0 Å². The van der Waals surface area contributed by atoms with Crippen molar-refractivity contribution in [1.82, 2.24) is 19.4 Å². The lowest BCUT2D eigenvalue weighted by molar-refractivity contribution is -0.139. The van der Waals surface area contributed by atoms with Crippen molar-refractivity contribution in [3.05, 3.63) is 88.4 Å². The van der Waals surface area contributed by atoms with Gasteiger partial charge in [-0.05, 0) is 48.7 Å². The fourth-order valence-corrected chi connectivity index (χ4v) is 5.54. The Morgan fingerprint density at radius 2 is 1.77 bits per heavy atom. The van der Waals surface area contributed by atoms with Crippen molar-refractivity contribution in [1.29, 1.82) is 0 Å². The number of likely N-dealkylation sites (N-methyl/N-ethyl adjacent to an activating group) is 1. The number of piperazine rings is 1. The Morgan fingerprint density at radius 1 is 0.974 bits per heavy atom. The van der Waals surface area contributed by atoms with Gasteiger partial charge < -0.3 is 14.2 Å². The first kappa shape index (κ1) is 25.1. The summed E-state index contributed by atoms with van der Waals surface area (Å²) in [6.07, 6.45) is 6.72. The summed E-state index contributed by atoms with van der Waals surface area (Å²) in [7, 11) is 3.67. The van der Waals surface area contributed by atoms with Crippen LogP contribution >= 0.6 is 0 Å². The molecule has 2 aromatic carbocycles. The van der Waals surface area contributed by atoms with Crippen LogP contribution in [-0.4, -0.2) is 64.6 Å². The molecule has 6 rings (SSSR count). The molecule has 7 heteroatoms. The number of benzene rings is 2. The molecule has 0 N–H and O–H groups in total. The normalized spacial score (nSPS) is 17.2. The molecule has 0 radical (unpaired) electrons. The Kier molecular flexibility index (Phi) is 6.53. The number of hydrogen-bond acceptors (Lipinski definition) is 5. The van der Waals surface area contributed by atoms with Gasteiger partial charge in [-0.1, -0.05) is 42.5 Å². The number of ether oxygens (including phenoxy) is 1. The summed E-state index contributed by atoms with van der Waals surface area (Å²) in [4.78, 5) is 33.5. The number of hydrogen-bond donors (Lipinski definition) is 0. The predicted molar refractivity (Wildman–Crippen MR) is 155 cm³/mol. The van der Waals surface area contributed by atoms with Crippen molar-refractivity contribution in [2.24, 2.45) is 7.05 Å². The molecule has 3 heterocycles. The lowest BCUT2D eigenvalue weighted by Crippen LogP contribution is -2.55. The Balaban J connectivity index is 1.15. The van der Waals surface area contributed by atoms with Crippen molar-refractivity contribution in [2.45, 2.75) is 19.4 Å². The number of aryl methyl sites for hydroxylation is 1. The molecule has 1 aliphatic carbocycles. The summed E-state index contributed by atoms with van der Waals surface area (Å²) in [5, 5.41) is 1.02. The lowest BCUT2D eigenvalue weighted by atomic mass is 9.98. The van der Waals surface area contributed by atoms with E-state index < -0.39 is 0 Å². The molecule has 1 amide bonds. The zero-order valence-corrected chi connectivity index (χ0v) is 22.6. The number of fused-ring (bicyclic) bond motifs is 2. The second-order valence-electron chi connectivity index (χ2n) is 10.4. The highest BCUT2D eigenvalue weighted by molar-refractivity contribution is 5.84. The fraction of sp³-hybridized carbons (Fsp3) is 0.281. The van der Waals surface area contributed by atoms with E-state index in [2.05, 4.69) is 47.4 Å². The minimum atomic E-state index is -0.111. The predicted octanol–water partition coefficient (Wildman–Crippen LogP) is 4.38. The Labute approximate surface area is 228 Å². The SMILES string of the molecule is C[C@@H]1C(=O)N(C)CCN1CCOc1ccc2nc(-c3ccc(-c4cn(C)c(=O)c5c4C=CC5)cc3)ccc2c1. The maximum absolute atomic E-state index is 12.5. The van der Waals surface area contributed by atoms with Crippen LogP contribution in [0.3, 0.4) is 0 Å². The first-order valence-electron chi connectivity index (χ1n) is 13.4. The number of carbonyl (C=O) groups excluding carboxylic acids is 1. The summed E-state index contributed by atoms with van der Waals surface area (Å²) in [5.41, 5.74) is 6.96. The second kappa shape index (κ2) is 10.2. The number of carbonyl (C=O) groups is 1. The van der Waals surface area contributed by atoms with Crippen LogP contribution in [0.25, 0.3) is 39.4 Å². The minimum Gasteiger partial charge on any atom is -0.492 e. The molecule has 7 nitrogen and oxygen atoms in total. The third-order valence-corrected chi connectivity index (χ3v) is 7.93. The average Bonchev–Trinajstić information content (AvgIpc) is 3.45. The topological polar surface area (TPSA) is 67.7 Å². The van der Waals surface area contributed by atoms with Gasteiger partial charge in [-0.15, -0.1) is 0 Å². The van der Waals surface area contributed by atoms with Gasteiger partial charge in [0, 0.05) is 62.0 Å². The third kappa shape index (κ3) is 4.74. The highest BCUT2D eigenvalue weighted by atomic mass is 16.5. The molecule has 0 unspecified atom stereocenters. The minimum absolute atomic E-state index is 0.0745. The van der Waals surface area contributed by atoms with Gasteiger partial charge in [0.15, 0.2) is 0 Å². The summed E-state index contributed by atoms with van der Waals surface area (Å²) >= 11 is 0.